The van der Waals surface area contributed by atoms with Crippen molar-refractivity contribution in [3.05, 3.63) is 18.2 Å². The van der Waals surface area contributed by atoms with Gasteiger partial charge >= 0.3 is 0 Å². The van der Waals surface area contributed by atoms with Crippen LogP contribution >= 0.6 is 0 Å². The molecule has 0 amide bonds. The topological polar surface area (TPSA) is 55.7 Å². The second kappa shape index (κ2) is 3.75. The van der Waals surface area contributed by atoms with Crippen LogP contribution in [0.1, 0.15) is 0 Å². The molecule has 1 aromatic rings. The predicted octanol–water partition coefficient (Wildman–Crippen LogP) is 0.507. The van der Waals surface area contributed by atoms with E-state index in [9.17, 15) is 10.2 Å². The van der Waals surface area contributed by atoms with Gasteiger partial charge < -0.3 is 20.4 Å². The molecule has 1 heterocycles. The number of rotatable bonds is 1. The molecule has 1 fully saturated rings. The summed E-state index contributed by atoms with van der Waals surface area (Å²) in [6, 6.07) is 4.82. The molecule has 0 radical (unpaired) electrons. The van der Waals surface area contributed by atoms with Gasteiger partial charge in [0.15, 0.2) is 0 Å². The van der Waals surface area contributed by atoms with E-state index in [0.29, 0.717) is 5.69 Å². The standard InChI is InChI=1S/C10H14N2O2/c13-8-2-1-3-9(14)10(8)12-6-4-11-5-7-12/h1-3,11,13-14H,4-7H2. The number of para-hydroxylation sites is 1. The third-order valence-corrected chi connectivity index (χ3v) is 2.43. The van der Waals surface area contributed by atoms with Crippen molar-refractivity contribution < 1.29 is 10.2 Å². The third kappa shape index (κ3) is 1.61. The van der Waals surface area contributed by atoms with Crippen molar-refractivity contribution in [2.75, 3.05) is 31.1 Å². The van der Waals surface area contributed by atoms with E-state index < -0.39 is 0 Å². The van der Waals surface area contributed by atoms with Crippen LogP contribution in [0.15, 0.2) is 18.2 Å². The summed E-state index contributed by atoms with van der Waals surface area (Å²) in [5.74, 6) is 0.291. The molecule has 0 spiro atoms. The molecule has 0 bridgehead atoms. The van der Waals surface area contributed by atoms with Gasteiger partial charge in [0.25, 0.3) is 0 Å². The SMILES string of the molecule is Oc1cccc(O)c1N1CCNCC1. The molecule has 0 atom stereocenters. The lowest BCUT2D eigenvalue weighted by Gasteiger charge is -2.30. The van der Waals surface area contributed by atoms with Crippen LogP contribution in [-0.4, -0.2) is 36.4 Å². The fraction of sp³-hybridized carbons (Fsp3) is 0.400. The molecule has 3 N–H and O–H groups in total. The van der Waals surface area contributed by atoms with Crippen LogP contribution in [0.5, 0.6) is 11.5 Å². The lowest BCUT2D eigenvalue weighted by atomic mass is 10.2. The van der Waals surface area contributed by atoms with E-state index in [2.05, 4.69) is 5.32 Å². The first kappa shape index (κ1) is 9.15. The summed E-state index contributed by atoms with van der Waals surface area (Å²) >= 11 is 0. The summed E-state index contributed by atoms with van der Waals surface area (Å²) in [7, 11) is 0. The second-order valence-corrected chi connectivity index (χ2v) is 3.38. The molecule has 1 aromatic carbocycles. The van der Waals surface area contributed by atoms with Crippen molar-refractivity contribution in [1.29, 1.82) is 0 Å². The highest BCUT2D eigenvalue weighted by molar-refractivity contribution is 5.66. The first-order valence-electron chi connectivity index (χ1n) is 4.75. The highest BCUT2D eigenvalue weighted by atomic mass is 16.3. The molecule has 0 unspecified atom stereocenters. The van der Waals surface area contributed by atoms with Crippen molar-refractivity contribution in [2.45, 2.75) is 0 Å². The fourth-order valence-corrected chi connectivity index (χ4v) is 1.73. The molecular weight excluding hydrogens is 180 g/mol. The van der Waals surface area contributed by atoms with Gasteiger partial charge in [0, 0.05) is 26.2 Å². The first-order chi connectivity index (χ1) is 6.79. The Morgan fingerprint density at radius 1 is 1.07 bits per heavy atom. The summed E-state index contributed by atoms with van der Waals surface area (Å²) in [4.78, 5) is 1.99. The summed E-state index contributed by atoms with van der Waals surface area (Å²) < 4.78 is 0. The molecular formula is C10H14N2O2. The Morgan fingerprint density at radius 3 is 2.21 bits per heavy atom. The normalized spacial score (nSPS) is 17.0. The lowest BCUT2D eigenvalue weighted by molar-refractivity contribution is 0.444. The zero-order valence-electron chi connectivity index (χ0n) is 7.90. The summed E-state index contributed by atoms with van der Waals surface area (Å²) in [6.45, 7) is 3.39. The van der Waals surface area contributed by atoms with Crippen LogP contribution in [0.2, 0.25) is 0 Å². The number of aromatic hydroxyl groups is 2. The number of piperazine rings is 1. The molecule has 1 saturated heterocycles. The van der Waals surface area contributed by atoms with Gasteiger partial charge in [-0.1, -0.05) is 6.07 Å². The van der Waals surface area contributed by atoms with E-state index in [1.807, 2.05) is 4.90 Å². The van der Waals surface area contributed by atoms with Crippen molar-refractivity contribution in [1.82, 2.24) is 5.32 Å². The maximum atomic E-state index is 9.62. The van der Waals surface area contributed by atoms with E-state index in [0.717, 1.165) is 26.2 Å². The van der Waals surface area contributed by atoms with Gasteiger partial charge in [0.2, 0.25) is 0 Å². The molecule has 1 aliphatic rings. The largest absolute Gasteiger partial charge is 0.506 e. The van der Waals surface area contributed by atoms with Gasteiger partial charge in [-0.25, -0.2) is 0 Å². The number of phenols is 2. The Labute approximate surface area is 82.8 Å². The zero-order chi connectivity index (χ0) is 9.97. The highest BCUT2D eigenvalue weighted by Crippen LogP contribution is 2.35. The van der Waals surface area contributed by atoms with E-state index in [1.54, 1.807) is 18.2 Å². The number of phenolic OH excluding ortho intramolecular Hbond substituents is 2. The van der Waals surface area contributed by atoms with Crippen LogP contribution in [0.3, 0.4) is 0 Å². The van der Waals surface area contributed by atoms with Gasteiger partial charge in [-0.15, -0.1) is 0 Å². The van der Waals surface area contributed by atoms with Crippen LogP contribution in [0.25, 0.3) is 0 Å². The van der Waals surface area contributed by atoms with Crippen molar-refractivity contribution >= 4 is 5.69 Å². The minimum absolute atomic E-state index is 0.145. The number of hydrogen-bond acceptors (Lipinski definition) is 4. The number of nitrogens with zero attached hydrogens (tertiary/aromatic N) is 1. The molecule has 0 aromatic heterocycles. The van der Waals surface area contributed by atoms with Gasteiger partial charge in [-0.2, -0.15) is 0 Å². The van der Waals surface area contributed by atoms with Gasteiger partial charge in [-0.05, 0) is 12.1 Å². The van der Waals surface area contributed by atoms with Crippen LogP contribution in [0.4, 0.5) is 5.69 Å². The summed E-state index contributed by atoms with van der Waals surface area (Å²) in [5.41, 5.74) is 0.550. The van der Waals surface area contributed by atoms with Crippen LogP contribution < -0.4 is 10.2 Å². The smallest absolute Gasteiger partial charge is 0.142 e. The Bertz CT molecular complexity index is 302. The average Bonchev–Trinajstić information content (AvgIpc) is 2.19. The number of hydrogen-bond donors (Lipinski definition) is 3. The van der Waals surface area contributed by atoms with Crippen molar-refractivity contribution in [3.63, 3.8) is 0 Å². The number of anilines is 1. The molecule has 1 aliphatic heterocycles. The third-order valence-electron chi connectivity index (χ3n) is 2.43. The molecule has 0 saturated carbocycles. The summed E-state index contributed by atoms with van der Waals surface area (Å²) in [5, 5.41) is 22.5. The van der Waals surface area contributed by atoms with E-state index in [4.69, 9.17) is 0 Å². The van der Waals surface area contributed by atoms with Crippen LogP contribution in [-0.2, 0) is 0 Å². The van der Waals surface area contributed by atoms with Gasteiger partial charge in [-0.3, -0.25) is 0 Å². The van der Waals surface area contributed by atoms with Gasteiger partial charge in [0.1, 0.15) is 17.2 Å². The monoisotopic (exact) mass is 194 g/mol. The Hall–Kier alpha value is -1.42. The number of benzene rings is 1. The second-order valence-electron chi connectivity index (χ2n) is 3.38. The van der Waals surface area contributed by atoms with Crippen molar-refractivity contribution in [3.8, 4) is 11.5 Å². The average molecular weight is 194 g/mol. The first-order valence-corrected chi connectivity index (χ1v) is 4.75. The molecule has 2 rings (SSSR count). The maximum Gasteiger partial charge on any atom is 0.142 e. The zero-order valence-corrected chi connectivity index (χ0v) is 7.90. The van der Waals surface area contributed by atoms with Gasteiger partial charge in [0.05, 0.1) is 0 Å². The molecule has 4 heteroatoms. The van der Waals surface area contributed by atoms with Crippen LogP contribution in [0, 0.1) is 0 Å². The Morgan fingerprint density at radius 2 is 1.64 bits per heavy atom. The Balaban J connectivity index is 2.29. The maximum absolute atomic E-state index is 9.62. The van der Waals surface area contributed by atoms with E-state index in [1.165, 1.54) is 0 Å². The van der Waals surface area contributed by atoms with E-state index >= 15 is 0 Å². The lowest BCUT2D eigenvalue weighted by Crippen LogP contribution is -2.43. The molecule has 76 valence electrons. The summed E-state index contributed by atoms with van der Waals surface area (Å²) in [6.07, 6.45) is 0. The van der Waals surface area contributed by atoms with Crippen molar-refractivity contribution in [2.24, 2.45) is 0 Å². The highest BCUT2D eigenvalue weighted by Gasteiger charge is 2.17. The minimum atomic E-state index is 0.145. The molecule has 14 heavy (non-hydrogen) atoms. The molecule has 4 nitrogen and oxygen atoms in total. The minimum Gasteiger partial charge on any atom is -0.506 e. The Kier molecular flexibility index (Phi) is 2.45. The molecule has 0 aliphatic carbocycles. The quantitative estimate of drug-likeness (QED) is 0.609. The number of nitrogens with one attached hydrogen (secondary N) is 1. The fourth-order valence-electron chi connectivity index (χ4n) is 1.73. The predicted molar refractivity (Wildman–Crippen MR) is 54.9 cm³/mol. The van der Waals surface area contributed by atoms with E-state index in [-0.39, 0.29) is 11.5 Å².